The molecule has 0 aliphatic carbocycles. The van der Waals surface area contributed by atoms with Crippen molar-refractivity contribution in [2.24, 2.45) is 4.99 Å². The fourth-order valence-electron chi connectivity index (χ4n) is 3.12. The van der Waals surface area contributed by atoms with E-state index in [4.69, 9.17) is 0 Å². The van der Waals surface area contributed by atoms with Crippen molar-refractivity contribution in [1.82, 2.24) is 8.87 Å². The van der Waals surface area contributed by atoms with Crippen molar-refractivity contribution in [2.45, 2.75) is 25.4 Å². The Morgan fingerprint density at radius 1 is 1.52 bits per heavy atom. The van der Waals surface area contributed by atoms with Gasteiger partial charge in [-0.2, -0.15) is 9.30 Å². The minimum Gasteiger partial charge on any atom is -0.312 e. The van der Waals surface area contributed by atoms with Crippen molar-refractivity contribution in [3.8, 4) is 0 Å². The van der Waals surface area contributed by atoms with Crippen LogP contribution in [0.3, 0.4) is 0 Å². The molecule has 0 bridgehead atoms. The van der Waals surface area contributed by atoms with Gasteiger partial charge in [0.2, 0.25) is 10.0 Å². The standard InChI is InChI=1S/C16H18N4O5S2/c1-3-8-18-12-7-6-11(20(22)23)10-14(12)26-16(18)17-15(21)13-5-4-9-19(13)27(2,24)25/h3,6-7,10,13H,1,4-5,8-9H2,2H3. The van der Waals surface area contributed by atoms with Crippen LogP contribution in [-0.2, 0) is 21.4 Å². The highest BCUT2D eigenvalue weighted by Crippen LogP contribution is 2.24. The Balaban J connectivity index is 2.09. The molecule has 9 nitrogen and oxygen atoms in total. The third-order valence-electron chi connectivity index (χ3n) is 4.31. The van der Waals surface area contributed by atoms with Gasteiger partial charge in [0.25, 0.3) is 11.6 Å². The number of nitro groups is 1. The van der Waals surface area contributed by atoms with Gasteiger partial charge < -0.3 is 4.57 Å². The summed E-state index contributed by atoms with van der Waals surface area (Å²) in [5.41, 5.74) is 0.648. The van der Waals surface area contributed by atoms with Crippen LogP contribution >= 0.6 is 11.3 Å². The summed E-state index contributed by atoms with van der Waals surface area (Å²) in [4.78, 5) is 27.7. The zero-order valence-corrected chi connectivity index (χ0v) is 16.2. The third-order valence-corrected chi connectivity index (χ3v) is 6.64. The van der Waals surface area contributed by atoms with Crippen molar-refractivity contribution >= 4 is 43.2 Å². The number of non-ortho nitro benzene ring substituents is 1. The number of carbonyl (C=O) groups excluding carboxylic acids is 1. The molecule has 1 atom stereocenters. The van der Waals surface area contributed by atoms with E-state index in [0.29, 0.717) is 40.9 Å². The average Bonchev–Trinajstić information content (AvgIpc) is 3.20. The molecule has 1 aliphatic heterocycles. The number of amides is 1. The van der Waals surface area contributed by atoms with Gasteiger partial charge in [-0.15, -0.1) is 6.58 Å². The molecule has 144 valence electrons. The number of rotatable bonds is 5. The van der Waals surface area contributed by atoms with Crippen molar-refractivity contribution in [3.05, 3.63) is 45.8 Å². The molecule has 0 saturated carbocycles. The number of hydrogen-bond acceptors (Lipinski definition) is 6. The Morgan fingerprint density at radius 2 is 2.26 bits per heavy atom. The molecule has 1 aliphatic rings. The second-order valence-electron chi connectivity index (χ2n) is 6.17. The molecule has 0 spiro atoms. The van der Waals surface area contributed by atoms with E-state index in [1.807, 2.05) is 0 Å². The third kappa shape index (κ3) is 3.84. The molecule has 27 heavy (non-hydrogen) atoms. The Hall–Kier alpha value is -2.37. The molecule has 1 aromatic carbocycles. The summed E-state index contributed by atoms with van der Waals surface area (Å²) in [7, 11) is -3.49. The van der Waals surface area contributed by atoms with Crippen molar-refractivity contribution in [1.29, 1.82) is 0 Å². The van der Waals surface area contributed by atoms with E-state index in [1.54, 1.807) is 16.7 Å². The minimum absolute atomic E-state index is 0.0496. The summed E-state index contributed by atoms with van der Waals surface area (Å²) in [6.07, 6.45) is 3.74. The number of allylic oxidation sites excluding steroid dienone is 1. The van der Waals surface area contributed by atoms with E-state index >= 15 is 0 Å². The van der Waals surface area contributed by atoms with Crippen LogP contribution in [0.2, 0.25) is 0 Å². The monoisotopic (exact) mass is 410 g/mol. The molecular formula is C16H18N4O5S2. The second kappa shape index (κ2) is 7.33. The first-order valence-corrected chi connectivity index (χ1v) is 10.8. The molecule has 2 aromatic rings. The highest BCUT2D eigenvalue weighted by molar-refractivity contribution is 7.88. The predicted octanol–water partition coefficient (Wildman–Crippen LogP) is 1.65. The Labute approximate surface area is 159 Å². The first-order valence-electron chi connectivity index (χ1n) is 8.16. The number of aromatic nitrogens is 1. The Morgan fingerprint density at radius 3 is 2.89 bits per heavy atom. The van der Waals surface area contributed by atoms with Gasteiger partial charge in [0, 0.05) is 25.2 Å². The summed E-state index contributed by atoms with van der Waals surface area (Å²) >= 11 is 1.15. The molecule has 2 heterocycles. The second-order valence-corrected chi connectivity index (χ2v) is 9.12. The van der Waals surface area contributed by atoms with Crippen molar-refractivity contribution < 1.29 is 18.1 Å². The number of carbonyl (C=O) groups is 1. The highest BCUT2D eigenvalue weighted by atomic mass is 32.2. The lowest BCUT2D eigenvalue weighted by Crippen LogP contribution is -2.39. The van der Waals surface area contributed by atoms with Crippen LogP contribution in [0.5, 0.6) is 0 Å². The number of sulfonamides is 1. The summed E-state index contributed by atoms with van der Waals surface area (Å²) in [6, 6.07) is 3.62. The van der Waals surface area contributed by atoms with E-state index in [-0.39, 0.29) is 5.69 Å². The molecule has 1 fully saturated rings. The van der Waals surface area contributed by atoms with Crippen LogP contribution in [0.4, 0.5) is 5.69 Å². The predicted molar refractivity (Wildman–Crippen MR) is 102 cm³/mol. The highest BCUT2D eigenvalue weighted by Gasteiger charge is 2.36. The van der Waals surface area contributed by atoms with Crippen LogP contribution in [0.15, 0.2) is 35.8 Å². The molecule has 0 radical (unpaired) electrons. The lowest BCUT2D eigenvalue weighted by molar-refractivity contribution is -0.384. The van der Waals surface area contributed by atoms with Gasteiger partial charge in [-0.25, -0.2) is 8.42 Å². The normalized spacial score (nSPS) is 18.9. The summed E-state index contributed by atoms with van der Waals surface area (Å²) in [6.45, 7) is 4.36. The molecule has 1 amide bonds. The Kier molecular flexibility index (Phi) is 5.27. The van der Waals surface area contributed by atoms with Crippen LogP contribution in [0, 0.1) is 10.1 Å². The number of nitro benzene ring substituents is 1. The fourth-order valence-corrected chi connectivity index (χ4v) is 5.32. The first kappa shape index (κ1) is 19.4. The van der Waals surface area contributed by atoms with Gasteiger partial charge in [-0.3, -0.25) is 14.9 Å². The molecule has 1 unspecified atom stereocenters. The summed E-state index contributed by atoms with van der Waals surface area (Å²) < 4.78 is 27.3. The van der Waals surface area contributed by atoms with Gasteiger partial charge in [-0.1, -0.05) is 17.4 Å². The lowest BCUT2D eigenvalue weighted by Gasteiger charge is -2.18. The molecule has 11 heteroatoms. The number of fused-ring (bicyclic) bond motifs is 1. The molecular weight excluding hydrogens is 392 g/mol. The van der Waals surface area contributed by atoms with E-state index < -0.39 is 26.9 Å². The number of thiazole rings is 1. The molecule has 1 saturated heterocycles. The van der Waals surface area contributed by atoms with E-state index in [1.165, 1.54) is 16.4 Å². The van der Waals surface area contributed by atoms with Crippen LogP contribution < -0.4 is 4.80 Å². The number of nitrogens with zero attached hydrogens (tertiary/aromatic N) is 4. The smallest absolute Gasteiger partial charge is 0.270 e. The number of benzene rings is 1. The maximum atomic E-state index is 12.7. The fraction of sp³-hybridized carbons (Fsp3) is 0.375. The van der Waals surface area contributed by atoms with Crippen LogP contribution in [-0.4, -0.2) is 47.0 Å². The summed E-state index contributed by atoms with van der Waals surface area (Å²) in [5, 5.41) is 11.0. The van der Waals surface area contributed by atoms with Gasteiger partial charge >= 0.3 is 0 Å². The van der Waals surface area contributed by atoms with Gasteiger partial charge in [0.1, 0.15) is 6.04 Å². The topological polar surface area (TPSA) is 115 Å². The van der Waals surface area contributed by atoms with E-state index in [9.17, 15) is 23.3 Å². The molecule has 3 rings (SSSR count). The minimum atomic E-state index is -3.49. The largest absolute Gasteiger partial charge is 0.312 e. The maximum Gasteiger partial charge on any atom is 0.270 e. The van der Waals surface area contributed by atoms with Crippen molar-refractivity contribution in [2.75, 3.05) is 12.8 Å². The SMILES string of the molecule is C=CCn1c(=NC(=O)C2CCCN2S(C)(=O)=O)sc2cc([N+](=O)[O-])ccc21. The van der Waals surface area contributed by atoms with Crippen molar-refractivity contribution in [3.63, 3.8) is 0 Å². The lowest BCUT2D eigenvalue weighted by atomic mass is 10.2. The van der Waals surface area contributed by atoms with Gasteiger partial charge in [-0.05, 0) is 18.9 Å². The van der Waals surface area contributed by atoms with Gasteiger partial charge in [0.05, 0.1) is 21.4 Å². The zero-order chi connectivity index (χ0) is 19.8. The van der Waals surface area contributed by atoms with E-state index in [2.05, 4.69) is 11.6 Å². The first-order chi connectivity index (χ1) is 12.7. The van der Waals surface area contributed by atoms with E-state index in [0.717, 1.165) is 17.6 Å². The van der Waals surface area contributed by atoms with Crippen LogP contribution in [0.25, 0.3) is 10.2 Å². The Bertz CT molecular complexity index is 1100. The van der Waals surface area contributed by atoms with Crippen LogP contribution in [0.1, 0.15) is 12.8 Å². The van der Waals surface area contributed by atoms with Gasteiger partial charge in [0.15, 0.2) is 4.80 Å². The molecule has 0 N–H and O–H groups in total. The maximum absolute atomic E-state index is 12.7. The average molecular weight is 410 g/mol. The number of hydrogen-bond donors (Lipinski definition) is 0. The molecule has 1 aromatic heterocycles. The zero-order valence-electron chi connectivity index (χ0n) is 14.6. The quantitative estimate of drug-likeness (QED) is 0.422. The summed E-state index contributed by atoms with van der Waals surface area (Å²) in [5.74, 6) is -0.531.